The van der Waals surface area contributed by atoms with Crippen LogP contribution < -0.4 is 11.1 Å². The van der Waals surface area contributed by atoms with E-state index >= 15 is 0 Å². The third-order valence-electron chi connectivity index (χ3n) is 6.84. The summed E-state index contributed by atoms with van der Waals surface area (Å²) in [5.74, 6) is -2.04. The number of nitrogens with two attached hydrogens (primary N) is 1. The van der Waals surface area contributed by atoms with Gasteiger partial charge in [-0.2, -0.15) is 0 Å². The van der Waals surface area contributed by atoms with Gasteiger partial charge in [0.25, 0.3) is 11.8 Å². The summed E-state index contributed by atoms with van der Waals surface area (Å²) >= 11 is 4.09. The molecule has 2 saturated heterocycles. The molecule has 3 aliphatic rings. The Bertz CT molecular complexity index is 1500. The molecular formula is C26H27N5O9S3. The number of β-lactam (4-membered cyclic amide) rings is 1. The Morgan fingerprint density at radius 1 is 1.26 bits per heavy atom. The van der Waals surface area contributed by atoms with Crippen molar-refractivity contribution in [3.63, 3.8) is 0 Å². The predicted molar refractivity (Wildman–Crippen MR) is 154 cm³/mol. The lowest BCUT2D eigenvalue weighted by atomic mass is 9.97. The number of aliphatic hydroxyl groups excluding tert-OH is 1. The number of cyclic esters (lactones) is 2. The molecule has 2 fully saturated rings. The molecule has 1 aromatic carbocycles. The van der Waals surface area contributed by atoms with Crippen molar-refractivity contribution in [2.24, 2.45) is 5.73 Å². The number of hydrogen-bond donors (Lipinski definition) is 3. The van der Waals surface area contributed by atoms with Crippen LogP contribution in [0, 0.1) is 6.92 Å². The highest BCUT2D eigenvalue weighted by Gasteiger charge is 2.55. The molecule has 14 nitrogen and oxygen atoms in total. The molecule has 2 amide bonds. The first-order valence-electron chi connectivity index (χ1n) is 13.0. The third kappa shape index (κ3) is 6.40. The number of carbonyl (C=O) groups excluding carboxylic acids is 5. The Morgan fingerprint density at radius 3 is 2.70 bits per heavy atom. The number of nitrogens with zero attached hydrogens (tertiary/aromatic N) is 3. The number of fused-ring (bicyclic) bond motifs is 1. The first kappa shape index (κ1) is 30.9. The van der Waals surface area contributed by atoms with Crippen molar-refractivity contribution in [3.8, 4) is 0 Å². The van der Waals surface area contributed by atoms with Crippen molar-refractivity contribution in [1.29, 1.82) is 0 Å². The number of amides is 2. The van der Waals surface area contributed by atoms with Crippen LogP contribution in [0.1, 0.15) is 34.0 Å². The number of esters is 1. The lowest BCUT2D eigenvalue weighted by Gasteiger charge is -2.49. The minimum atomic E-state index is -1.73. The second-order valence-electron chi connectivity index (χ2n) is 9.67. The van der Waals surface area contributed by atoms with Crippen LogP contribution in [0.4, 0.5) is 4.79 Å². The van der Waals surface area contributed by atoms with Gasteiger partial charge in [-0.25, -0.2) is 9.59 Å². The van der Waals surface area contributed by atoms with E-state index in [4.69, 9.17) is 19.9 Å². The van der Waals surface area contributed by atoms with Gasteiger partial charge in [-0.3, -0.25) is 19.3 Å². The summed E-state index contributed by atoms with van der Waals surface area (Å²) in [4.78, 5) is 64.7. The van der Waals surface area contributed by atoms with Gasteiger partial charge in [-0.05, 0) is 19.4 Å². The lowest BCUT2D eigenvalue weighted by Crippen LogP contribution is -2.71. The fourth-order valence-corrected chi connectivity index (χ4v) is 7.91. The van der Waals surface area contributed by atoms with Gasteiger partial charge in [0.1, 0.15) is 34.8 Å². The van der Waals surface area contributed by atoms with Crippen LogP contribution in [-0.2, 0) is 28.6 Å². The van der Waals surface area contributed by atoms with Crippen molar-refractivity contribution < 1.29 is 43.3 Å². The molecule has 0 saturated carbocycles. The largest absolute Gasteiger partial charge is 0.509 e. The van der Waals surface area contributed by atoms with E-state index in [-0.39, 0.29) is 30.0 Å². The minimum Gasteiger partial charge on any atom is -0.457 e. The molecule has 5 atom stereocenters. The van der Waals surface area contributed by atoms with Crippen LogP contribution >= 0.6 is 34.9 Å². The Kier molecular flexibility index (Phi) is 9.36. The predicted octanol–water partition coefficient (Wildman–Crippen LogP) is 0.935. The summed E-state index contributed by atoms with van der Waals surface area (Å²) in [7, 11) is 0. The van der Waals surface area contributed by atoms with E-state index in [2.05, 4.69) is 15.5 Å². The zero-order valence-electron chi connectivity index (χ0n) is 22.9. The van der Waals surface area contributed by atoms with Crippen molar-refractivity contribution >= 4 is 64.6 Å². The summed E-state index contributed by atoms with van der Waals surface area (Å²) in [6.07, 6.45) is -4.02. The number of rotatable bonds is 11. The molecular weight excluding hydrogens is 623 g/mol. The fourth-order valence-electron chi connectivity index (χ4n) is 4.61. The van der Waals surface area contributed by atoms with E-state index in [9.17, 15) is 29.1 Å². The topological polar surface area (TPSA) is 200 Å². The van der Waals surface area contributed by atoms with Crippen molar-refractivity contribution in [1.82, 2.24) is 20.4 Å². The van der Waals surface area contributed by atoms with Crippen molar-refractivity contribution in [3.05, 3.63) is 51.7 Å². The number of hydrogen-bond acceptors (Lipinski definition) is 15. The molecule has 4 unspecified atom stereocenters. The zero-order valence-corrected chi connectivity index (χ0v) is 25.3. The SMILES string of the molecule is Cc1nnc(SCC2=C(C(=O)OCC3OC(=O)OC3C)N3C(=O)C(NC(=O)C(O)c4ccccc4C(=O)CN)[C@@H]3SC2)s1. The standard InChI is InChI=1S/C26H27N5O9S3/c1-11-17(40-26(37)39-11)8-38-24(36)19-13(10-42-25-30-29-12(2)43-25)9-41-23-18(22(35)31(19)23)28-21(34)20(33)15-6-4-3-5-14(15)16(32)7-27/h3-6,11,17-18,20,23,33H,7-10,27H2,1-2H3,(H,28,34)/t11?,17?,18?,20?,23-/m0/s1. The highest BCUT2D eigenvalue weighted by molar-refractivity contribution is 8.01. The highest BCUT2D eigenvalue weighted by atomic mass is 32.2. The number of nitrogens with one attached hydrogen (secondary N) is 1. The number of aliphatic hydroxyl groups is 1. The maximum atomic E-state index is 13.4. The van der Waals surface area contributed by atoms with Crippen molar-refractivity contribution in [2.75, 3.05) is 24.7 Å². The quantitative estimate of drug-likeness (QED) is 0.134. The molecule has 17 heteroatoms. The van der Waals surface area contributed by atoms with Crippen LogP contribution in [0.5, 0.6) is 0 Å². The number of ether oxygens (including phenoxy) is 3. The molecule has 5 rings (SSSR count). The number of carbonyl (C=O) groups is 5. The van der Waals surface area contributed by atoms with Gasteiger partial charge in [0.05, 0.1) is 6.54 Å². The van der Waals surface area contributed by atoms with Crippen LogP contribution in [0.3, 0.4) is 0 Å². The molecule has 3 aliphatic heterocycles. The molecule has 0 radical (unpaired) electrons. The number of aryl methyl sites for hydroxylation is 1. The average Bonchev–Trinajstić information content (AvgIpc) is 3.58. The van der Waals surface area contributed by atoms with E-state index in [1.54, 1.807) is 19.1 Å². The van der Waals surface area contributed by atoms with Gasteiger partial charge in [0.2, 0.25) is 0 Å². The molecule has 0 bridgehead atoms. The van der Waals surface area contributed by atoms with E-state index < -0.39 is 59.4 Å². The fraction of sp³-hybridized carbons (Fsp3) is 0.423. The van der Waals surface area contributed by atoms with Crippen LogP contribution in [-0.4, -0.2) is 98.2 Å². The molecule has 4 N–H and O–H groups in total. The van der Waals surface area contributed by atoms with E-state index in [0.717, 1.165) is 5.01 Å². The van der Waals surface area contributed by atoms with Gasteiger partial charge >= 0.3 is 12.1 Å². The zero-order chi connectivity index (χ0) is 30.8. The minimum absolute atomic E-state index is 0.0327. The Balaban J connectivity index is 1.32. The molecule has 0 spiro atoms. The lowest BCUT2D eigenvalue weighted by molar-refractivity contribution is -0.154. The summed E-state index contributed by atoms with van der Waals surface area (Å²) in [6, 6.07) is 5.00. The number of Topliss-reactive ketones (excluding diaryl/α,β-unsaturated/α-hetero) is 1. The van der Waals surface area contributed by atoms with Crippen molar-refractivity contribution in [2.45, 2.75) is 47.9 Å². The number of thioether (sulfide) groups is 2. The second kappa shape index (κ2) is 13.0. The number of ketones is 1. The van der Waals surface area contributed by atoms with Crippen LogP contribution in [0.2, 0.25) is 0 Å². The first-order valence-corrected chi connectivity index (χ1v) is 15.9. The van der Waals surface area contributed by atoms with E-state index in [1.807, 2.05) is 6.92 Å². The first-order chi connectivity index (χ1) is 20.6. The van der Waals surface area contributed by atoms with Gasteiger partial charge < -0.3 is 30.4 Å². The molecule has 228 valence electrons. The van der Waals surface area contributed by atoms with Gasteiger partial charge in [-0.1, -0.05) is 47.4 Å². The summed E-state index contributed by atoms with van der Waals surface area (Å²) in [5, 5.41) is 21.5. The summed E-state index contributed by atoms with van der Waals surface area (Å²) < 4.78 is 16.1. The average molecular weight is 650 g/mol. The number of aromatic nitrogens is 2. The highest BCUT2D eigenvalue weighted by Crippen LogP contribution is 2.42. The maximum absolute atomic E-state index is 13.4. The molecule has 1 aromatic heterocycles. The number of benzene rings is 1. The second-order valence-corrected chi connectivity index (χ2v) is 13.2. The smallest absolute Gasteiger partial charge is 0.457 e. The monoisotopic (exact) mass is 649 g/mol. The molecule has 2 aromatic rings. The van der Waals surface area contributed by atoms with Crippen LogP contribution in [0.25, 0.3) is 0 Å². The normalized spacial score (nSPS) is 23.6. The molecule has 4 heterocycles. The Labute approximate surface area is 257 Å². The maximum Gasteiger partial charge on any atom is 0.509 e. The Hall–Kier alpha value is -3.51. The molecule has 0 aliphatic carbocycles. The van der Waals surface area contributed by atoms with Crippen LogP contribution in [0.15, 0.2) is 39.9 Å². The summed E-state index contributed by atoms with van der Waals surface area (Å²) in [6.45, 7) is 2.84. The van der Waals surface area contributed by atoms with Gasteiger partial charge in [0, 0.05) is 22.6 Å². The van der Waals surface area contributed by atoms with Gasteiger partial charge in [0.15, 0.2) is 22.3 Å². The van der Waals surface area contributed by atoms with E-state index in [1.165, 1.54) is 51.9 Å². The molecule has 43 heavy (non-hydrogen) atoms. The van der Waals surface area contributed by atoms with Gasteiger partial charge in [-0.15, -0.1) is 22.0 Å². The summed E-state index contributed by atoms with van der Waals surface area (Å²) in [5.41, 5.74) is 6.28. The Morgan fingerprint density at radius 2 is 2.02 bits per heavy atom. The third-order valence-corrected chi connectivity index (χ3v) is 10.2. The van der Waals surface area contributed by atoms with E-state index in [0.29, 0.717) is 21.4 Å².